The van der Waals surface area contributed by atoms with Crippen molar-refractivity contribution < 1.29 is 38.5 Å². The highest BCUT2D eigenvalue weighted by Crippen LogP contribution is 2.15. The Morgan fingerprint density at radius 2 is 1.13 bits per heavy atom. The first kappa shape index (κ1) is 58.1. The maximum absolute atomic E-state index is 11.6. The van der Waals surface area contributed by atoms with Crippen LogP contribution in [0, 0.1) is 34.5 Å². The van der Waals surface area contributed by atoms with Gasteiger partial charge in [-0.1, -0.05) is 108 Å². The van der Waals surface area contributed by atoms with E-state index >= 15 is 0 Å². The average molecular weight is 929 g/mol. The second-order valence-corrected chi connectivity index (χ2v) is 14.5. The number of unbranched alkanes of at least 4 members (excludes halogenated alkanes) is 2. The summed E-state index contributed by atoms with van der Waals surface area (Å²) in [5, 5.41) is 37.3. The number of rotatable bonds is 22. The fourth-order valence-electron chi connectivity index (χ4n) is 5.17. The topological polar surface area (TPSA) is 289 Å². The van der Waals surface area contributed by atoms with Gasteiger partial charge in [0.25, 0.3) is 0 Å². The number of carbonyl (C=O) groups excluding carboxylic acids is 3. The molecular weight excluding hydrogens is 866 g/mol. The molecule has 0 fully saturated rings. The first-order valence-electron chi connectivity index (χ1n) is 20.1. The van der Waals surface area contributed by atoms with Gasteiger partial charge in [0, 0.05) is 46.4 Å². The van der Waals surface area contributed by atoms with Crippen molar-refractivity contribution in [3.8, 4) is 12.1 Å². The lowest BCUT2D eigenvalue weighted by Crippen LogP contribution is -2.36. The van der Waals surface area contributed by atoms with Gasteiger partial charge in [-0.05, 0) is 82.1 Å². The quantitative estimate of drug-likeness (QED) is 0.0190. The number of amides is 2. The second kappa shape index (κ2) is 37.9. The number of esters is 1. The summed E-state index contributed by atoms with van der Waals surface area (Å²) in [6, 6.07) is 18.4. The van der Waals surface area contributed by atoms with Crippen LogP contribution in [0.15, 0.2) is 58.8 Å². The van der Waals surface area contributed by atoms with Crippen molar-refractivity contribution in [2.24, 2.45) is 22.1 Å². The molecule has 0 unspecified atom stereocenters. The van der Waals surface area contributed by atoms with E-state index in [1.807, 2.05) is 6.07 Å². The molecule has 2 aromatic carbocycles. The molecule has 0 aliphatic rings. The largest absolute Gasteiger partial charge is 0.481 e. The van der Waals surface area contributed by atoms with Crippen molar-refractivity contribution in [3.05, 3.63) is 80.5 Å². The number of nitrogens with one attached hydrogen (secondary N) is 2. The molecule has 0 spiro atoms. The zero-order valence-corrected chi connectivity index (χ0v) is 38.4. The van der Waals surface area contributed by atoms with Crippen molar-refractivity contribution in [2.45, 2.75) is 112 Å². The van der Waals surface area contributed by atoms with Crippen LogP contribution in [0.3, 0.4) is 0 Å². The Morgan fingerprint density at radius 3 is 1.44 bits per heavy atom. The zero-order valence-electron chi connectivity index (χ0n) is 36.8. The molecule has 340 valence electrons. The molecule has 0 radical (unpaired) electrons. The van der Waals surface area contributed by atoms with Gasteiger partial charge in [-0.25, -0.2) is 9.59 Å². The van der Waals surface area contributed by atoms with E-state index in [0.29, 0.717) is 67.6 Å². The van der Waals surface area contributed by atoms with Crippen molar-refractivity contribution in [1.82, 2.24) is 15.5 Å². The number of carbonyl (C=O) groups is 4. The molecule has 0 saturated carbocycles. The number of hydrogen-bond donors (Lipinski definition) is 3. The Morgan fingerprint density at radius 1 is 0.726 bits per heavy atom. The minimum absolute atomic E-state index is 0.115. The lowest BCUT2D eigenvalue weighted by Gasteiger charge is -2.28. The van der Waals surface area contributed by atoms with Crippen LogP contribution >= 0.6 is 15.9 Å². The summed E-state index contributed by atoms with van der Waals surface area (Å²) in [6.45, 7) is 16.6. The number of ether oxygens (including phenoxy) is 3. The summed E-state index contributed by atoms with van der Waals surface area (Å²) in [6.07, 6.45) is 3.04. The third-order valence-electron chi connectivity index (χ3n) is 8.45. The smallest absolute Gasteiger partial charge is 0.407 e. The van der Waals surface area contributed by atoms with Crippen LogP contribution in [0.1, 0.15) is 98.1 Å². The standard InChI is InChI=1S/C17H21N5O4.C15H20N4O4.C8H19N.C2H2BrN/c1-13(16(23)25-11-9-18)4-2-3-10-20-17(24)26-12-14-5-7-15(8-6-14)21-22-19;1-11(14(20)21)4-2-3-9-17-15(22)23-10-12-5-7-13(8-6-12)18-19-16;1-6-9(7(2)3)8(4)5;3-1-2-4/h5-8,13H,2-4,10-12H2,1H3,(H,20,24);5-8,11H,2-4,9-10H2,1H3,(H,17,22)(H,20,21);7-8H,6H2,1-5H3;1H2/t13-;11-;;/m00../s1. The van der Waals surface area contributed by atoms with Crippen LogP contribution in [0.4, 0.5) is 21.0 Å². The SMILES string of the molecule is CCN(C(C)C)C(C)C.C[C@@H](CCCCNC(=O)OCc1ccc(N=[N+]=[N-])cc1)C(=O)O.C[C@@H](CCCCNC(=O)OCc1ccc(N=[N+]=[N-])cc1)C(=O)OCC#N.N#CCBr. The fraction of sp³-hybridized carbons (Fsp3) is 0.571. The molecule has 2 atom stereocenters. The first-order valence-corrected chi connectivity index (χ1v) is 21.3. The highest BCUT2D eigenvalue weighted by Gasteiger charge is 2.14. The third-order valence-corrected chi connectivity index (χ3v) is 8.70. The van der Waals surface area contributed by atoms with Gasteiger partial charge in [-0.3, -0.25) is 14.5 Å². The summed E-state index contributed by atoms with van der Waals surface area (Å²) < 4.78 is 14.9. The predicted octanol–water partition coefficient (Wildman–Crippen LogP) is 10.5. The Bertz CT molecular complexity index is 1750. The molecule has 2 aromatic rings. The van der Waals surface area contributed by atoms with Gasteiger partial charge in [0.1, 0.15) is 19.3 Å². The van der Waals surface area contributed by atoms with E-state index in [1.54, 1.807) is 68.4 Å². The van der Waals surface area contributed by atoms with Crippen LogP contribution < -0.4 is 10.6 Å². The zero-order chi connectivity index (χ0) is 47.1. The summed E-state index contributed by atoms with van der Waals surface area (Å²) in [4.78, 5) is 53.0. The number of carboxylic acids is 1. The molecule has 19 nitrogen and oxygen atoms in total. The number of alkyl carbamates (subject to hydrolysis) is 2. The second-order valence-electron chi connectivity index (χ2n) is 13.9. The minimum atomic E-state index is -0.802. The summed E-state index contributed by atoms with van der Waals surface area (Å²) in [5.74, 6) is -1.83. The van der Waals surface area contributed by atoms with Crippen LogP contribution in [0.2, 0.25) is 0 Å². The number of aliphatic carboxylic acids is 1. The Kier molecular flexibility index (Phi) is 35.5. The molecule has 0 heterocycles. The van der Waals surface area contributed by atoms with Crippen LogP contribution in [0.25, 0.3) is 20.9 Å². The van der Waals surface area contributed by atoms with Crippen LogP contribution in [-0.4, -0.2) is 77.8 Å². The Labute approximate surface area is 373 Å². The molecule has 2 rings (SSSR count). The number of azide groups is 2. The number of nitriles is 2. The monoisotopic (exact) mass is 927 g/mol. The van der Waals surface area contributed by atoms with E-state index in [1.165, 1.54) is 0 Å². The molecule has 2 amide bonds. The molecule has 62 heavy (non-hydrogen) atoms. The average Bonchev–Trinajstić information content (AvgIpc) is 3.25. The van der Waals surface area contributed by atoms with E-state index in [2.05, 4.69) is 86.1 Å². The van der Waals surface area contributed by atoms with E-state index in [-0.39, 0.29) is 37.6 Å². The van der Waals surface area contributed by atoms with Crippen molar-refractivity contribution in [2.75, 3.05) is 31.6 Å². The molecule has 0 aliphatic carbocycles. The van der Waals surface area contributed by atoms with Gasteiger partial charge in [0.2, 0.25) is 0 Å². The van der Waals surface area contributed by atoms with E-state index in [0.717, 1.165) is 30.5 Å². The third kappa shape index (κ3) is 31.8. The minimum Gasteiger partial charge on any atom is -0.481 e. The number of carboxylic acid groups (broad SMARTS) is 1. The maximum Gasteiger partial charge on any atom is 0.407 e. The van der Waals surface area contributed by atoms with Gasteiger partial charge in [-0.2, -0.15) is 10.5 Å². The molecule has 0 saturated heterocycles. The lowest BCUT2D eigenvalue weighted by molar-refractivity contribution is -0.146. The van der Waals surface area contributed by atoms with Gasteiger partial charge < -0.3 is 30.0 Å². The Hall–Kier alpha value is -6.04. The number of halogens is 1. The number of hydrogen-bond acceptors (Lipinski definition) is 12. The van der Waals surface area contributed by atoms with Gasteiger partial charge in [0.05, 0.1) is 23.2 Å². The van der Waals surface area contributed by atoms with E-state index in [4.69, 9.17) is 40.9 Å². The van der Waals surface area contributed by atoms with E-state index < -0.39 is 18.2 Å². The number of alkyl halides is 1. The molecule has 3 N–H and O–H groups in total. The number of nitrogens with zero attached hydrogens (tertiary/aromatic N) is 9. The van der Waals surface area contributed by atoms with Crippen molar-refractivity contribution in [1.29, 1.82) is 10.5 Å². The molecule has 20 heteroatoms. The maximum atomic E-state index is 11.6. The van der Waals surface area contributed by atoms with Crippen LogP contribution in [0.5, 0.6) is 0 Å². The fourth-order valence-corrected chi connectivity index (χ4v) is 5.17. The summed E-state index contributed by atoms with van der Waals surface area (Å²) >= 11 is 2.89. The first-order chi connectivity index (χ1) is 29.6. The van der Waals surface area contributed by atoms with E-state index in [9.17, 15) is 19.2 Å². The van der Waals surface area contributed by atoms with Gasteiger partial charge in [-0.15, -0.1) is 0 Å². The van der Waals surface area contributed by atoms with Gasteiger partial charge in [0.15, 0.2) is 6.61 Å². The predicted molar refractivity (Wildman–Crippen MR) is 239 cm³/mol. The van der Waals surface area contributed by atoms with Crippen molar-refractivity contribution in [3.63, 3.8) is 0 Å². The summed E-state index contributed by atoms with van der Waals surface area (Å²) in [5.41, 5.74) is 19.2. The normalized spacial score (nSPS) is 10.7. The molecule has 0 bridgehead atoms. The lowest BCUT2D eigenvalue weighted by atomic mass is 10.0. The van der Waals surface area contributed by atoms with Crippen molar-refractivity contribution >= 4 is 51.4 Å². The van der Waals surface area contributed by atoms with Crippen LogP contribution in [-0.2, 0) is 37.0 Å². The number of benzene rings is 2. The summed E-state index contributed by atoms with van der Waals surface area (Å²) in [7, 11) is 0. The molecule has 0 aliphatic heterocycles. The molecule has 0 aromatic heterocycles. The Balaban J connectivity index is 0. The van der Waals surface area contributed by atoms with Gasteiger partial charge >= 0.3 is 24.1 Å². The highest BCUT2D eigenvalue weighted by atomic mass is 79.9. The highest BCUT2D eigenvalue weighted by molar-refractivity contribution is 9.09. The molecular formula is C42H62BrN11O8.